The largest absolute Gasteiger partial charge is 0.399 e. The number of nitrogens with zero attached hydrogens (tertiary/aromatic N) is 1. The summed E-state index contributed by atoms with van der Waals surface area (Å²) in [6, 6.07) is 23.2. The molecular formula is C23H24NO8S2+. The molecule has 0 aliphatic rings. The minimum atomic E-state index is -4.45. The lowest BCUT2D eigenvalue weighted by atomic mass is 10.2. The van der Waals surface area contributed by atoms with Gasteiger partial charge in [-0.05, 0) is 29.8 Å². The van der Waals surface area contributed by atoms with Gasteiger partial charge in [-0.25, -0.2) is 4.79 Å². The van der Waals surface area contributed by atoms with Crippen LogP contribution in [0.25, 0.3) is 0 Å². The van der Waals surface area contributed by atoms with Gasteiger partial charge in [-0.15, -0.1) is 4.65 Å². The number of carbonyl (C=O) groups is 1. The van der Waals surface area contributed by atoms with E-state index >= 15 is 0 Å². The molecule has 0 amide bonds. The van der Waals surface area contributed by atoms with Crippen LogP contribution in [-0.4, -0.2) is 48.0 Å². The molecule has 0 bridgehead atoms. The van der Waals surface area contributed by atoms with Crippen LogP contribution >= 0.6 is 0 Å². The van der Waals surface area contributed by atoms with Crippen molar-refractivity contribution in [1.29, 1.82) is 0 Å². The Bertz CT molecular complexity index is 1310. The van der Waals surface area contributed by atoms with Gasteiger partial charge in [-0.2, -0.15) is 21.0 Å². The van der Waals surface area contributed by atoms with Crippen LogP contribution in [0.3, 0.4) is 0 Å². The molecule has 0 spiro atoms. The fourth-order valence-electron chi connectivity index (χ4n) is 2.87. The van der Waals surface area contributed by atoms with Gasteiger partial charge in [0.2, 0.25) is 0 Å². The van der Waals surface area contributed by atoms with Gasteiger partial charge in [-0.3, -0.25) is 0 Å². The average molecular weight is 507 g/mol. The summed E-state index contributed by atoms with van der Waals surface area (Å²) in [4.78, 5) is 12.5. The number of esters is 1. The van der Waals surface area contributed by atoms with E-state index in [0.29, 0.717) is 5.56 Å². The van der Waals surface area contributed by atoms with Crippen LogP contribution in [0, 0.1) is 0 Å². The molecule has 34 heavy (non-hydrogen) atoms. The van der Waals surface area contributed by atoms with Crippen molar-refractivity contribution in [3.05, 3.63) is 102 Å². The molecule has 9 nitrogen and oxygen atoms in total. The molecule has 180 valence electrons. The van der Waals surface area contributed by atoms with Crippen molar-refractivity contribution in [2.24, 2.45) is 0 Å². The lowest BCUT2D eigenvalue weighted by Crippen LogP contribution is -2.54. The lowest BCUT2D eigenvalue weighted by Gasteiger charge is -2.31. The van der Waals surface area contributed by atoms with Gasteiger partial charge in [0, 0.05) is 0 Å². The first kappa shape index (κ1) is 25.5. The van der Waals surface area contributed by atoms with Gasteiger partial charge in [0.15, 0.2) is 0 Å². The van der Waals surface area contributed by atoms with Crippen molar-refractivity contribution in [2.75, 3.05) is 14.1 Å². The van der Waals surface area contributed by atoms with Crippen molar-refractivity contribution in [1.82, 2.24) is 0 Å². The molecule has 0 fully saturated rings. The smallest absolute Gasteiger partial charge is 0.380 e. The van der Waals surface area contributed by atoms with Crippen LogP contribution in [0.2, 0.25) is 0 Å². The van der Waals surface area contributed by atoms with Gasteiger partial charge in [0.1, 0.15) is 19.8 Å². The Morgan fingerprint density at radius 3 is 1.85 bits per heavy atom. The van der Waals surface area contributed by atoms with E-state index in [2.05, 4.69) is 0 Å². The van der Waals surface area contributed by atoms with Gasteiger partial charge in [0.05, 0.1) is 10.5 Å². The molecule has 3 aromatic carbocycles. The third-order valence-electron chi connectivity index (χ3n) is 4.46. The molecule has 0 saturated heterocycles. The highest BCUT2D eigenvalue weighted by atomic mass is 32.2. The minimum absolute atomic E-state index is 0.111. The highest BCUT2D eigenvalue weighted by molar-refractivity contribution is 7.86. The highest BCUT2D eigenvalue weighted by Crippen LogP contribution is 2.23. The third-order valence-corrected chi connectivity index (χ3v) is 7.02. The Morgan fingerprint density at radius 1 is 0.794 bits per heavy atom. The molecule has 3 aromatic rings. The van der Waals surface area contributed by atoms with E-state index in [4.69, 9.17) is 13.2 Å². The first-order chi connectivity index (χ1) is 16.0. The molecule has 0 aromatic heterocycles. The van der Waals surface area contributed by atoms with Crippen LogP contribution in [0.5, 0.6) is 0 Å². The Morgan fingerprint density at radius 2 is 1.29 bits per heavy atom. The van der Waals surface area contributed by atoms with Crippen molar-refractivity contribution in [2.45, 2.75) is 17.1 Å². The molecule has 11 heteroatoms. The quantitative estimate of drug-likeness (QED) is 0.136. The summed E-state index contributed by atoms with van der Waals surface area (Å²) in [6.07, 6.45) is -1.98. The Labute approximate surface area is 198 Å². The number of hydroxylamine groups is 3. The Kier molecular flexibility index (Phi) is 7.85. The van der Waals surface area contributed by atoms with E-state index in [1.54, 1.807) is 54.6 Å². The van der Waals surface area contributed by atoms with Gasteiger partial charge in [-0.1, -0.05) is 71.0 Å². The summed E-state index contributed by atoms with van der Waals surface area (Å²) >= 11 is 0. The fourth-order valence-corrected chi connectivity index (χ4v) is 5.24. The van der Waals surface area contributed by atoms with Gasteiger partial charge >= 0.3 is 32.6 Å². The highest BCUT2D eigenvalue weighted by Gasteiger charge is 2.44. The van der Waals surface area contributed by atoms with E-state index < -0.39 is 43.0 Å². The first-order valence-corrected chi connectivity index (χ1v) is 13.0. The minimum Gasteiger partial charge on any atom is -0.380 e. The summed E-state index contributed by atoms with van der Waals surface area (Å²) in [5.74, 6) is -1.41. The number of quaternary nitrogens is 1. The summed E-state index contributed by atoms with van der Waals surface area (Å²) in [6.45, 7) is 0. The monoisotopic (exact) mass is 506 g/mol. The fraction of sp³-hybridized carbons (Fsp3) is 0.174. The van der Waals surface area contributed by atoms with Crippen molar-refractivity contribution in [3.63, 3.8) is 0 Å². The molecule has 0 aliphatic heterocycles. The normalized spacial score (nSPS) is 13.2. The zero-order chi connectivity index (χ0) is 24.8. The second-order valence-corrected chi connectivity index (χ2v) is 10.8. The van der Waals surface area contributed by atoms with Crippen molar-refractivity contribution < 1.29 is 39.5 Å². The number of carbonyl (C=O) groups excluding carboxylic acids is 1. The maximum absolute atomic E-state index is 12.8. The van der Waals surface area contributed by atoms with Crippen molar-refractivity contribution in [3.8, 4) is 0 Å². The maximum Gasteiger partial charge on any atom is 0.399 e. The van der Waals surface area contributed by atoms with Crippen LogP contribution in [-0.2, 0) is 39.2 Å². The molecule has 0 heterocycles. The topological polar surface area (TPSA) is 113 Å². The number of benzene rings is 3. The standard InChI is InChI=1S/C23H24NO8S2/c1-24(2,32-33(26,27)18-19-12-6-3-7-13-19)23(30-22(25)20-14-8-4-9-15-20)31-34(28,29)21-16-10-5-11-17-21/h3-17,23H,18H2,1-2H3/q+1. The second kappa shape index (κ2) is 10.5. The first-order valence-electron chi connectivity index (χ1n) is 10.0. The zero-order valence-electron chi connectivity index (χ0n) is 18.5. The van der Waals surface area contributed by atoms with E-state index in [1.165, 1.54) is 50.5 Å². The number of hydrogen-bond donors (Lipinski definition) is 0. The van der Waals surface area contributed by atoms with E-state index in [0.717, 1.165) is 0 Å². The molecule has 0 aliphatic carbocycles. The van der Waals surface area contributed by atoms with Crippen LogP contribution in [0.1, 0.15) is 15.9 Å². The van der Waals surface area contributed by atoms with E-state index in [-0.39, 0.29) is 10.5 Å². The Hall–Kier alpha value is -3.09. The summed E-state index contributed by atoms with van der Waals surface area (Å²) in [7, 11) is -6.30. The molecule has 0 N–H and O–H groups in total. The SMILES string of the molecule is C[N+](C)(OS(=O)(=O)Cc1ccccc1)C(OC(=O)c1ccccc1)OS(=O)(=O)c1ccccc1. The Balaban J connectivity index is 1.90. The van der Waals surface area contributed by atoms with Crippen molar-refractivity contribution >= 4 is 26.2 Å². The molecule has 1 unspecified atom stereocenters. The summed E-state index contributed by atoms with van der Waals surface area (Å²) in [5, 5.41) is 0. The van der Waals surface area contributed by atoms with Crippen LogP contribution < -0.4 is 0 Å². The number of rotatable bonds is 10. The maximum atomic E-state index is 12.8. The molecule has 1 atom stereocenters. The lowest BCUT2D eigenvalue weighted by molar-refractivity contribution is -1.10. The predicted molar refractivity (Wildman–Crippen MR) is 123 cm³/mol. The zero-order valence-corrected chi connectivity index (χ0v) is 20.1. The molecule has 0 saturated carbocycles. The summed E-state index contributed by atoms with van der Waals surface area (Å²) in [5.41, 5.74) is 0.568. The molecular weight excluding hydrogens is 482 g/mol. The van der Waals surface area contributed by atoms with Crippen LogP contribution in [0.4, 0.5) is 0 Å². The van der Waals surface area contributed by atoms with Gasteiger partial charge < -0.3 is 4.74 Å². The number of ether oxygens (including phenoxy) is 1. The second-order valence-electron chi connectivity index (χ2n) is 7.64. The van der Waals surface area contributed by atoms with Gasteiger partial charge in [0.25, 0.3) is 0 Å². The average Bonchev–Trinajstić information content (AvgIpc) is 2.79. The van der Waals surface area contributed by atoms with Crippen LogP contribution in [0.15, 0.2) is 95.9 Å². The third kappa shape index (κ3) is 6.95. The molecule has 3 rings (SSSR count). The van der Waals surface area contributed by atoms with E-state index in [9.17, 15) is 21.6 Å². The number of hydrogen-bond acceptors (Lipinski definition) is 8. The summed E-state index contributed by atoms with van der Waals surface area (Å²) < 4.78 is 65.8. The predicted octanol–water partition coefficient (Wildman–Crippen LogP) is 3.07. The van der Waals surface area contributed by atoms with E-state index in [1.807, 2.05) is 0 Å². The molecule has 0 radical (unpaired) electrons.